The largest absolute Gasteiger partial charge is 0.369 e. The second-order valence-corrected chi connectivity index (χ2v) is 6.87. The molecular formula is C22H22Cl2N6. The maximum absolute atomic E-state index is 6.04. The Morgan fingerprint density at radius 3 is 1.20 bits per heavy atom. The van der Waals surface area contributed by atoms with Gasteiger partial charge in [-0.3, -0.25) is 0 Å². The molecule has 0 fully saturated rings. The Kier molecular flexibility index (Phi) is 6.20. The summed E-state index contributed by atoms with van der Waals surface area (Å²) in [5.41, 5.74) is 14.6. The van der Waals surface area contributed by atoms with Crippen LogP contribution in [-0.4, -0.2) is 19.1 Å². The van der Waals surface area contributed by atoms with Crippen LogP contribution in [0.5, 0.6) is 0 Å². The van der Waals surface area contributed by atoms with Gasteiger partial charge >= 0.3 is 0 Å². The van der Waals surface area contributed by atoms with Crippen molar-refractivity contribution in [2.45, 2.75) is 13.1 Å². The van der Waals surface area contributed by atoms with E-state index in [0.717, 1.165) is 0 Å². The topological polar surface area (TPSA) is 87.7 Å². The molecule has 4 N–H and O–H groups in total. The van der Waals surface area contributed by atoms with Crippen molar-refractivity contribution >= 4 is 58.3 Å². The van der Waals surface area contributed by atoms with E-state index in [0.29, 0.717) is 25.0 Å². The lowest BCUT2D eigenvalue weighted by Crippen LogP contribution is -2.08. The molecule has 5 aromatic rings. The molecule has 154 valence electrons. The number of fused-ring (bicyclic) bond motifs is 2. The Bertz CT molecular complexity index is 1150. The molecule has 2 heterocycles. The first-order chi connectivity index (χ1) is 13.7. The quantitative estimate of drug-likeness (QED) is 0.403. The number of anilines is 2. The third-order valence-corrected chi connectivity index (χ3v) is 5.31. The molecule has 0 aliphatic rings. The summed E-state index contributed by atoms with van der Waals surface area (Å²) in [6.07, 6.45) is 7.30. The Morgan fingerprint density at radius 2 is 0.933 bits per heavy atom. The summed E-state index contributed by atoms with van der Waals surface area (Å²) in [4.78, 5) is 8.33. The summed E-state index contributed by atoms with van der Waals surface area (Å²) < 4.78 is 3.95. The van der Waals surface area contributed by atoms with Crippen LogP contribution in [0, 0.1) is 0 Å². The van der Waals surface area contributed by atoms with E-state index in [9.17, 15) is 0 Å². The maximum Gasteiger partial charge on any atom is 0.200 e. The van der Waals surface area contributed by atoms with Crippen LogP contribution in [0.25, 0.3) is 21.5 Å². The number of hydrogen-bond donors (Lipinski definition) is 2. The summed E-state index contributed by atoms with van der Waals surface area (Å²) in [5.74, 6) is 1.03. The van der Waals surface area contributed by atoms with E-state index in [1.54, 1.807) is 12.4 Å². The van der Waals surface area contributed by atoms with Crippen molar-refractivity contribution in [1.29, 1.82) is 0 Å². The molecule has 0 aliphatic carbocycles. The summed E-state index contributed by atoms with van der Waals surface area (Å²) in [6, 6.07) is 17.0. The van der Waals surface area contributed by atoms with Crippen LogP contribution in [0.3, 0.4) is 0 Å². The van der Waals surface area contributed by atoms with Crippen molar-refractivity contribution in [3.8, 4) is 0 Å². The third kappa shape index (κ3) is 3.56. The van der Waals surface area contributed by atoms with Gasteiger partial charge in [0, 0.05) is 24.8 Å². The lowest BCUT2D eigenvalue weighted by molar-refractivity contribution is 0.814. The first-order valence-corrected chi connectivity index (χ1v) is 9.17. The molecule has 0 bridgehead atoms. The normalized spacial score (nSPS) is 10.7. The van der Waals surface area contributed by atoms with E-state index in [1.807, 2.05) is 21.5 Å². The van der Waals surface area contributed by atoms with Crippen molar-refractivity contribution in [2.75, 3.05) is 11.5 Å². The van der Waals surface area contributed by atoms with Gasteiger partial charge in [-0.25, -0.2) is 9.97 Å². The van der Waals surface area contributed by atoms with Gasteiger partial charge in [0.15, 0.2) is 11.9 Å². The van der Waals surface area contributed by atoms with Gasteiger partial charge in [0.1, 0.15) is 0 Å². The van der Waals surface area contributed by atoms with Crippen molar-refractivity contribution in [1.82, 2.24) is 19.1 Å². The summed E-state index contributed by atoms with van der Waals surface area (Å²) in [7, 11) is 0. The number of nitrogens with zero attached hydrogens (tertiary/aromatic N) is 4. The third-order valence-electron chi connectivity index (χ3n) is 5.31. The molecular weight excluding hydrogens is 419 g/mol. The van der Waals surface area contributed by atoms with E-state index < -0.39 is 0 Å². The SMILES string of the molecule is Cl.Cl.Nc1nccn1Cc1c2ccccc2c(Cn2ccnc2N)c2ccccc12. The summed E-state index contributed by atoms with van der Waals surface area (Å²) in [5, 5.41) is 4.84. The lowest BCUT2D eigenvalue weighted by atomic mass is 9.91. The van der Waals surface area contributed by atoms with Crippen LogP contribution >= 0.6 is 24.8 Å². The molecule has 0 aliphatic heterocycles. The number of rotatable bonds is 4. The van der Waals surface area contributed by atoms with Gasteiger partial charge < -0.3 is 20.6 Å². The van der Waals surface area contributed by atoms with Crippen molar-refractivity contribution < 1.29 is 0 Å². The van der Waals surface area contributed by atoms with Crippen LogP contribution in [0.4, 0.5) is 11.9 Å². The molecule has 5 rings (SSSR count). The fraction of sp³-hybridized carbons (Fsp3) is 0.0909. The standard InChI is InChI=1S/C22H20N6.2ClH/c23-21-25-9-11-27(21)13-19-15-5-1-2-6-16(15)20(14-28-12-10-26-22(28)24)18-8-4-3-7-17(18)19;;/h1-12H,13-14H2,(H2,23,25)(H2,24,26);2*1H. The lowest BCUT2D eigenvalue weighted by Gasteiger charge is -2.18. The van der Waals surface area contributed by atoms with Crippen LogP contribution in [0.2, 0.25) is 0 Å². The molecule has 0 atom stereocenters. The zero-order valence-electron chi connectivity index (χ0n) is 16.1. The highest BCUT2D eigenvalue weighted by atomic mass is 35.5. The minimum Gasteiger partial charge on any atom is -0.369 e. The second-order valence-electron chi connectivity index (χ2n) is 6.87. The van der Waals surface area contributed by atoms with E-state index in [4.69, 9.17) is 11.5 Å². The number of nitrogens with two attached hydrogens (primary N) is 2. The number of benzene rings is 3. The van der Waals surface area contributed by atoms with Gasteiger partial charge in [-0.2, -0.15) is 0 Å². The van der Waals surface area contributed by atoms with Crippen molar-refractivity contribution in [3.05, 3.63) is 84.4 Å². The molecule has 0 unspecified atom stereocenters. The Morgan fingerprint density at radius 1 is 0.600 bits per heavy atom. The minimum atomic E-state index is 0. The first kappa shape index (κ1) is 21.5. The highest BCUT2D eigenvalue weighted by Gasteiger charge is 2.15. The smallest absolute Gasteiger partial charge is 0.200 e. The number of hydrogen-bond acceptors (Lipinski definition) is 4. The van der Waals surface area contributed by atoms with Gasteiger partial charge in [-0.15, -0.1) is 24.8 Å². The second kappa shape index (κ2) is 8.65. The van der Waals surface area contributed by atoms with Crippen molar-refractivity contribution in [2.24, 2.45) is 0 Å². The zero-order valence-corrected chi connectivity index (χ0v) is 17.7. The minimum absolute atomic E-state index is 0. The number of aromatic nitrogens is 4. The monoisotopic (exact) mass is 440 g/mol. The molecule has 0 radical (unpaired) electrons. The fourth-order valence-corrected chi connectivity index (χ4v) is 3.94. The number of nitrogen functional groups attached to an aromatic ring is 2. The highest BCUT2D eigenvalue weighted by Crippen LogP contribution is 2.34. The molecule has 30 heavy (non-hydrogen) atoms. The van der Waals surface area contributed by atoms with E-state index in [2.05, 4.69) is 58.5 Å². The molecule has 0 saturated carbocycles. The van der Waals surface area contributed by atoms with Crippen LogP contribution in [0.15, 0.2) is 73.3 Å². The molecule has 0 amide bonds. The first-order valence-electron chi connectivity index (χ1n) is 9.17. The molecule has 0 spiro atoms. The van der Waals surface area contributed by atoms with E-state index in [-0.39, 0.29) is 24.8 Å². The molecule has 0 saturated heterocycles. The van der Waals surface area contributed by atoms with Crippen molar-refractivity contribution in [3.63, 3.8) is 0 Å². The van der Waals surface area contributed by atoms with Crippen LogP contribution in [-0.2, 0) is 13.1 Å². The highest BCUT2D eigenvalue weighted by molar-refractivity contribution is 6.05. The van der Waals surface area contributed by atoms with Gasteiger partial charge in [-0.05, 0) is 32.7 Å². The van der Waals surface area contributed by atoms with Crippen LogP contribution in [0.1, 0.15) is 11.1 Å². The van der Waals surface area contributed by atoms with E-state index >= 15 is 0 Å². The Labute approximate surface area is 186 Å². The van der Waals surface area contributed by atoms with Gasteiger partial charge in [0.25, 0.3) is 0 Å². The summed E-state index contributed by atoms with van der Waals surface area (Å²) >= 11 is 0. The number of imidazole rings is 2. The molecule has 3 aromatic carbocycles. The Hall–Kier alpha value is -3.22. The van der Waals surface area contributed by atoms with Gasteiger partial charge in [0.2, 0.25) is 0 Å². The average molecular weight is 441 g/mol. The summed E-state index contributed by atoms with van der Waals surface area (Å²) in [6.45, 7) is 1.33. The zero-order chi connectivity index (χ0) is 19.1. The predicted molar refractivity (Wildman–Crippen MR) is 127 cm³/mol. The van der Waals surface area contributed by atoms with Gasteiger partial charge in [-0.1, -0.05) is 48.5 Å². The average Bonchev–Trinajstić information content (AvgIpc) is 3.32. The molecule has 6 nitrogen and oxygen atoms in total. The number of halogens is 2. The van der Waals surface area contributed by atoms with Crippen LogP contribution < -0.4 is 11.5 Å². The molecule has 8 heteroatoms. The fourth-order valence-electron chi connectivity index (χ4n) is 3.94. The van der Waals surface area contributed by atoms with Gasteiger partial charge in [0.05, 0.1) is 13.1 Å². The maximum atomic E-state index is 6.04. The Balaban J connectivity index is 0.00000128. The van der Waals surface area contributed by atoms with E-state index in [1.165, 1.54) is 32.7 Å². The molecule has 2 aromatic heterocycles. The predicted octanol–water partition coefficient (Wildman–Crippen LogP) is 4.49.